The second kappa shape index (κ2) is 8.08. The van der Waals surface area contributed by atoms with Gasteiger partial charge in [0.25, 0.3) is 0 Å². The number of amides is 1. The number of carbonyl (C=O) groups is 1. The Bertz CT molecular complexity index is 560. The van der Waals surface area contributed by atoms with E-state index in [2.05, 4.69) is 11.8 Å². The van der Waals surface area contributed by atoms with Crippen LogP contribution < -0.4 is 0 Å². The fourth-order valence-electron chi connectivity index (χ4n) is 3.70. The van der Waals surface area contributed by atoms with Gasteiger partial charge in [-0.2, -0.15) is 0 Å². The van der Waals surface area contributed by atoms with Crippen LogP contribution in [-0.4, -0.2) is 54.6 Å². The molecular formula is C19H27FN2O2. The number of carbonyl (C=O) groups excluding carboxylic acids is 1. The van der Waals surface area contributed by atoms with Gasteiger partial charge in [-0.05, 0) is 37.5 Å². The predicted octanol–water partition coefficient (Wildman–Crippen LogP) is 2.68. The van der Waals surface area contributed by atoms with E-state index in [9.17, 15) is 9.18 Å². The minimum absolute atomic E-state index is 0.189. The molecule has 0 saturated carbocycles. The lowest BCUT2D eigenvalue weighted by Gasteiger charge is -2.32. The molecule has 2 atom stereocenters. The zero-order valence-corrected chi connectivity index (χ0v) is 14.4. The van der Waals surface area contributed by atoms with Crippen molar-refractivity contribution in [2.45, 2.75) is 38.8 Å². The lowest BCUT2D eigenvalue weighted by Crippen LogP contribution is -2.41. The van der Waals surface area contributed by atoms with Crippen molar-refractivity contribution in [1.29, 1.82) is 0 Å². The molecule has 0 aromatic heterocycles. The summed E-state index contributed by atoms with van der Waals surface area (Å²) < 4.78 is 19.2. The van der Waals surface area contributed by atoms with Crippen molar-refractivity contribution in [1.82, 2.24) is 9.80 Å². The van der Waals surface area contributed by atoms with Gasteiger partial charge in [0.05, 0.1) is 13.2 Å². The van der Waals surface area contributed by atoms with Crippen LogP contribution in [0.4, 0.5) is 4.39 Å². The first-order chi connectivity index (χ1) is 11.6. The van der Waals surface area contributed by atoms with Gasteiger partial charge in [-0.1, -0.05) is 12.1 Å². The summed E-state index contributed by atoms with van der Waals surface area (Å²) in [7, 11) is 0. The van der Waals surface area contributed by atoms with Gasteiger partial charge in [0.1, 0.15) is 5.82 Å². The maximum atomic E-state index is 13.4. The largest absolute Gasteiger partial charge is 0.380 e. The van der Waals surface area contributed by atoms with Crippen molar-refractivity contribution in [2.75, 3.05) is 32.8 Å². The van der Waals surface area contributed by atoms with Crippen LogP contribution in [0.15, 0.2) is 24.3 Å². The van der Waals surface area contributed by atoms with E-state index in [0.717, 1.165) is 38.0 Å². The molecule has 0 spiro atoms. The number of halogens is 1. The third kappa shape index (κ3) is 4.33. The summed E-state index contributed by atoms with van der Waals surface area (Å²) in [4.78, 5) is 16.8. The Labute approximate surface area is 143 Å². The summed E-state index contributed by atoms with van der Waals surface area (Å²) in [6.07, 6.45) is 2.78. The van der Waals surface area contributed by atoms with Crippen molar-refractivity contribution in [3.63, 3.8) is 0 Å². The van der Waals surface area contributed by atoms with E-state index in [4.69, 9.17) is 4.74 Å². The van der Waals surface area contributed by atoms with Gasteiger partial charge in [-0.15, -0.1) is 0 Å². The van der Waals surface area contributed by atoms with Crippen LogP contribution in [0.25, 0.3) is 0 Å². The molecular weight excluding hydrogens is 307 g/mol. The zero-order valence-electron chi connectivity index (χ0n) is 14.4. The van der Waals surface area contributed by atoms with E-state index >= 15 is 0 Å². The Kier molecular flexibility index (Phi) is 5.85. The Morgan fingerprint density at radius 1 is 1.29 bits per heavy atom. The van der Waals surface area contributed by atoms with Gasteiger partial charge in [0.2, 0.25) is 5.91 Å². The van der Waals surface area contributed by atoms with Crippen molar-refractivity contribution in [3.8, 4) is 0 Å². The van der Waals surface area contributed by atoms with Crippen LogP contribution in [0.2, 0.25) is 0 Å². The Hall–Kier alpha value is -1.46. The summed E-state index contributed by atoms with van der Waals surface area (Å²) in [5.74, 6) is 0.238. The molecule has 1 aromatic rings. The van der Waals surface area contributed by atoms with Crippen molar-refractivity contribution < 1.29 is 13.9 Å². The SMILES string of the molecule is C[C@@H]1[C@@H](CC(=O)N2CCCC2)COCCN1Cc1cccc(F)c1. The third-order valence-electron chi connectivity index (χ3n) is 5.28. The molecule has 0 radical (unpaired) electrons. The summed E-state index contributed by atoms with van der Waals surface area (Å²) >= 11 is 0. The van der Waals surface area contributed by atoms with E-state index < -0.39 is 0 Å². The molecule has 24 heavy (non-hydrogen) atoms. The molecule has 2 aliphatic heterocycles. The molecule has 5 heteroatoms. The second-order valence-corrected chi connectivity index (χ2v) is 6.97. The summed E-state index contributed by atoms with van der Waals surface area (Å²) in [5, 5.41) is 0. The molecule has 4 nitrogen and oxygen atoms in total. The Balaban J connectivity index is 1.63. The lowest BCUT2D eigenvalue weighted by atomic mass is 9.96. The van der Waals surface area contributed by atoms with Crippen molar-refractivity contribution in [3.05, 3.63) is 35.6 Å². The van der Waals surface area contributed by atoms with E-state index in [-0.39, 0.29) is 23.7 Å². The molecule has 0 unspecified atom stereocenters. The molecule has 1 amide bonds. The average Bonchev–Trinajstić information content (AvgIpc) is 3.05. The number of rotatable bonds is 4. The Morgan fingerprint density at radius 3 is 2.83 bits per heavy atom. The number of nitrogens with zero attached hydrogens (tertiary/aromatic N) is 2. The molecule has 1 aromatic carbocycles. The maximum absolute atomic E-state index is 13.4. The van der Waals surface area contributed by atoms with Gasteiger partial charge < -0.3 is 9.64 Å². The molecule has 2 saturated heterocycles. The fraction of sp³-hybridized carbons (Fsp3) is 0.632. The lowest BCUT2D eigenvalue weighted by molar-refractivity contribution is -0.132. The van der Waals surface area contributed by atoms with E-state index in [0.29, 0.717) is 26.2 Å². The first kappa shape index (κ1) is 17.4. The third-order valence-corrected chi connectivity index (χ3v) is 5.28. The highest BCUT2D eigenvalue weighted by atomic mass is 19.1. The second-order valence-electron chi connectivity index (χ2n) is 6.97. The molecule has 2 aliphatic rings. The van der Waals surface area contributed by atoms with Gasteiger partial charge in [0, 0.05) is 44.6 Å². The number of hydrogen-bond donors (Lipinski definition) is 0. The molecule has 0 bridgehead atoms. The van der Waals surface area contributed by atoms with Crippen LogP contribution in [0.1, 0.15) is 31.7 Å². The minimum atomic E-state index is -0.202. The maximum Gasteiger partial charge on any atom is 0.222 e. The van der Waals surface area contributed by atoms with Crippen molar-refractivity contribution >= 4 is 5.91 Å². The predicted molar refractivity (Wildman–Crippen MR) is 91.0 cm³/mol. The quantitative estimate of drug-likeness (QED) is 0.849. The highest BCUT2D eigenvalue weighted by Crippen LogP contribution is 2.23. The molecule has 0 aliphatic carbocycles. The van der Waals surface area contributed by atoms with Crippen LogP contribution in [0.3, 0.4) is 0 Å². The van der Waals surface area contributed by atoms with E-state index in [1.807, 2.05) is 11.0 Å². The van der Waals surface area contributed by atoms with Gasteiger partial charge in [-0.3, -0.25) is 9.69 Å². The van der Waals surface area contributed by atoms with Gasteiger partial charge in [0.15, 0.2) is 0 Å². The molecule has 2 fully saturated rings. The minimum Gasteiger partial charge on any atom is -0.380 e. The van der Waals surface area contributed by atoms with Gasteiger partial charge in [-0.25, -0.2) is 4.39 Å². The smallest absolute Gasteiger partial charge is 0.222 e. The summed E-state index contributed by atoms with van der Waals surface area (Å²) in [6, 6.07) is 6.99. The highest BCUT2D eigenvalue weighted by Gasteiger charge is 2.30. The van der Waals surface area contributed by atoms with Crippen molar-refractivity contribution in [2.24, 2.45) is 5.92 Å². The van der Waals surface area contributed by atoms with E-state index in [1.54, 1.807) is 12.1 Å². The normalized spacial score (nSPS) is 25.7. The number of benzene rings is 1. The molecule has 2 heterocycles. The summed E-state index contributed by atoms with van der Waals surface area (Å²) in [6.45, 7) is 6.74. The van der Waals surface area contributed by atoms with E-state index in [1.165, 1.54) is 6.07 Å². The Morgan fingerprint density at radius 2 is 2.08 bits per heavy atom. The number of ether oxygens (including phenoxy) is 1. The first-order valence-corrected chi connectivity index (χ1v) is 8.97. The highest BCUT2D eigenvalue weighted by molar-refractivity contribution is 5.76. The van der Waals surface area contributed by atoms with Crippen LogP contribution in [0.5, 0.6) is 0 Å². The topological polar surface area (TPSA) is 32.8 Å². The number of hydrogen-bond acceptors (Lipinski definition) is 3. The molecule has 132 valence electrons. The average molecular weight is 334 g/mol. The summed E-state index contributed by atoms with van der Waals surface area (Å²) in [5.41, 5.74) is 0.966. The fourth-order valence-corrected chi connectivity index (χ4v) is 3.70. The number of likely N-dealkylation sites (tertiary alicyclic amines) is 1. The van der Waals surface area contributed by atoms with Crippen LogP contribution in [0, 0.1) is 11.7 Å². The monoisotopic (exact) mass is 334 g/mol. The standard InChI is InChI=1S/C19H27FN2O2/c1-15-17(12-19(23)21-7-2-3-8-21)14-24-10-9-22(15)13-16-5-4-6-18(20)11-16/h4-6,11,15,17H,2-3,7-10,12-14H2,1H3/t15-,17+/m1/s1. The molecule has 0 N–H and O–H groups in total. The van der Waals surface area contributed by atoms with Crippen LogP contribution >= 0.6 is 0 Å². The first-order valence-electron chi connectivity index (χ1n) is 8.97. The van der Waals surface area contributed by atoms with Crippen LogP contribution in [-0.2, 0) is 16.1 Å². The zero-order chi connectivity index (χ0) is 16.9. The van der Waals surface area contributed by atoms with Gasteiger partial charge >= 0.3 is 0 Å². The molecule has 3 rings (SSSR count).